The molecular weight excluding hydrogens is 524 g/mol. The lowest BCUT2D eigenvalue weighted by Crippen LogP contribution is -2.41. The standard InChI is InChI=1S/C34H46N6O2/c1-23-5-11-29(36-33(42)35-28-13-17-34(2,3)18-14-28)21-27(23)10-12-30-22-31(39-38-30)37-32(41)26-8-6-24(7-9-26)25-15-19-40(4)20-16-25/h5-9,11,21-22,25,28H,10,12-20H2,1-4H3,(H2,35,36,42)(H2,37,38,39,41). The molecule has 224 valence electrons. The number of anilines is 2. The Morgan fingerprint density at radius 1 is 0.952 bits per heavy atom. The highest BCUT2D eigenvalue weighted by Gasteiger charge is 2.27. The number of rotatable bonds is 8. The summed E-state index contributed by atoms with van der Waals surface area (Å²) in [6.45, 7) is 8.91. The minimum absolute atomic E-state index is 0.140. The average molecular weight is 571 g/mol. The van der Waals surface area contributed by atoms with E-state index in [1.54, 1.807) is 0 Å². The van der Waals surface area contributed by atoms with E-state index in [4.69, 9.17) is 0 Å². The Morgan fingerprint density at radius 3 is 2.38 bits per heavy atom. The van der Waals surface area contributed by atoms with E-state index < -0.39 is 0 Å². The normalized spacial score (nSPS) is 18.0. The molecule has 0 radical (unpaired) electrons. The van der Waals surface area contributed by atoms with Gasteiger partial charge in [-0.25, -0.2) is 4.79 Å². The zero-order chi connectivity index (χ0) is 29.7. The van der Waals surface area contributed by atoms with Crippen LogP contribution in [0.15, 0.2) is 48.5 Å². The fraction of sp³-hybridized carbons (Fsp3) is 0.500. The van der Waals surface area contributed by atoms with Crippen molar-refractivity contribution in [2.24, 2.45) is 5.41 Å². The van der Waals surface area contributed by atoms with Crippen LogP contribution in [0.25, 0.3) is 0 Å². The zero-order valence-electron chi connectivity index (χ0n) is 25.6. The monoisotopic (exact) mass is 570 g/mol. The molecule has 2 heterocycles. The van der Waals surface area contributed by atoms with Crippen LogP contribution in [0.1, 0.15) is 91.0 Å². The Hall–Kier alpha value is -3.65. The van der Waals surface area contributed by atoms with Crippen LogP contribution in [0.4, 0.5) is 16.3 Å². The van der Waals surface area contributed by atoms with E-state index in [2.05, 4.69) is 71.0 Å². The summed E-state index contributed by atoms with van der Waals surface area (Å²) in [6.07, 6.45) is 8.13. The molecule has 5 rings (SSSR count). The minimum Gasteiger partial charge on any atom is -0.335 e. The Balaban J connectivity index is 1.10. The van der Waals surface area contributed by atoms with Crippen LogP contribution in [0.5, 0.6) is 0 Å². The number of H-pyrrole nitrogens is 1. The summed E-state index contributed by atoms with van der Waals surface area (Å²) >= 11 is 0. The molecule has 8 heteroatoms. The van der Waals surface area contributed by atoms with Crippen LogP contribution in [0, 0.1) is 12.3 Å². The number of carbonyl (C=O) groups is 2. The first kappa shape index (κ1) is 29.8. The highest BCUT2D eigenvalue weighted by atomic mass is 16.2. The van der Waals surface area contributed by atoms with Gasteiger partial charge in [-0.2, -0.15) is 5.10 Å². The SMILES string of the molecule is Cc1ccc(NC(=O)NC2CCC(C)(C)CC2)cc1CCc1cc(NC(=O)c2ccc(C3CCN(C)CC3)cc2)[nH]n1. The predicted molar refractivity (Wildman–Crippen MR) is 169 cm³/mol. The van der Waals surface area contributed by atoms with Crippen LogP contribution < -0.4 is 16.0 Å². The maximum atomic E-state index is 12.9. The molecule has 1 saturated carbocycles. The summed E-state index contributed by atoms with van der Waals surface area (Å²) in [5.41, 5.74) is 6.32. The smallest absolute Gasteiger partial charge is 0.319 e. The van der Waals surface area contributed by atoms with Crippen LogP contribution in [-0.4, -0.2) is 53.2 Å². The van der Waals surface area contributed by atoms with Crippen molar-refractivity contribution in [3.63, 3.8) is 0 Å². The third-order valence-electron chi connectivity index (χ3n) is 9.17. The van der Waals surface area contributed by atoms with Gasteiger partial charge in [0.25, 0.3) is 5.91 Å². The van der Waals surface area contributed by atoms with E-state index in [0.717, 1.165) is 75.0 Å². The van der Waals surface area contributed by atoms with Gasteiger partial charge in [0.2, 0.25) is 0 Å². The minimum atomic E-state index is -0.148. The molecule has 2 fully saturated rings. The number of aromatic nitrogens is 2. The van der Waals surface area contributed by atoms with E-state index in [1.807, 2.05) is 36.4 Å². The van der Waals surface area contributed by atoms with Crippen molar-refractivity contribution in [2.75, 3.05) is 30.8 Å². The first-order chi connectivity index (χ1) is 20.1. The van der Waals surface area contributed by atoms with Crippen molar-refractivity contribution in [1.29, 1.82) is 0 Å². The lowest BCUT2D eigenvalue weighted by Gasteiger charge is -2.34. The molecule has 8 nitrogen and oxygen atoms in total. The van der Waals surface area contributed by atoms with Crippen molar-refractivity contribution in [3.05, 3.63) is 76.5 Å². The van der Waals surface area contributed by atoms with Crippen molar-refractivity contribution in [2.45, 2.75) is 84.1 Å². The van der Waals surface area contributed by atoms with Crippen LogP contribution in [0.3, 0.4) is 0 Å². The Morgan fingerprint density at radius 2 is 1.67 bits per heavy atom. The number of carbonyl (C=O) groups excluding carboxylic acids is 2. The Bertz CT molecular complexity index is 1360. The number of nitrogens with one attached hydrogen (secondary N) is 4. The van der Waals surface area contributed by atoms with Gasteiger partial charge in [0.1, 0.15) is 5.82 Å². The molecule has 1 saturated heterocycles. The van der Waals surface area contributed by atoms with E-state index in [9.17, 15) is 9.59 Å². The number of aromatic amines is 1. The topological polar surface area (TPSA) is 102 Å². The fourth-order valence-electron chi connectivity index (χ4n) is 6.18. The van der Waals surface area contributed by atoms with Crippen molar-refractivity contribution in [3.8, 4) is 0 Å². The number of piperidine rings is 1. The zero-order valence-corrected chi connectivity index (χ0v) is 25.6. The number of nitrogens with zero attached hydrogens (tertiary/aromatic N) is 2. The summed E-state index contributed by atoms with van der Waals surface area (Å²) in [6, 6.07) is 16.0. The molecule has 4 N–H and O–H groups in total. The second kappa shape index (κ2) is 13.1. The van der Waals surface area contributed by atoms with Gasteiger partial charge in [0, 0.05) is 23.4 Å². The third kappa shape index (κ3) is 8.00. The van der Waals surface area contributed by atoms with Crippen LogP contribution in [0.2, 0.25) is 0 Å². The largest absolute Gasteiger partial charge is 0.335 e. The summed E-state index contributed by atoms with van der Waals surface area (Å²) in [5.74, 6) is 1.01. The van der Waals surface area contributed by atoms with Gasteiger partial charge in [0.15, 0.2) is 0 Å². The van der Waals surface area contributed by atoms with Gasteiger partial charge in [-0.3, -0.25) is 9.89 Å². The molecule has 0 spiro atoms. The maximum absolute atomic E-state index is 12.9. The van der Waals surface area contributed by atoms with E-state index in [0.29, 0.717) is 29.1 Å². The van der Waals surface area contributed by atoms with E-state index in [-0.39, 0.29) is 18.0 Å². The fourth-order valence-corrected chi connectivity index (χ4v) is 6.18. The third-order valence-corrected chi connectivity index (χ3v) is 9.17. The van der Waals surface area contributed by atoms with Gasteiger partial charge in [-0.1, -0.05) is 32.0 Å². The van der Waals surface area contributed by atoms with Gasteiger partial charge >= 0.3 is 6.03 Å². The van der Waals surface area contributed by atoms with Gasteiger partial charge in [0.05, 0.1) is 5.69 Å². The Kier molecular flexibility index (Phi) is 9.31. The molecule has 2 aromatic carbocycles. The van der Waals surface area contributed by atoms with Crippen LogP contribution >= 0.6 is 0 Å². The molecule has 3 aromatic rings. The second-order valence-corrected chi connectivity index (χ2v) is 13.1. The molecule has 2 aliphatic rings. The van der Waals surface area contributed by atoms with E-state index in [1.165, 1.54) is 11.1 Å². The van der Waals surface area contributed by atoms with Crippen molar-refractivity contribution >= 4 is 23.4 Å². The summed E-state index contributed by atoms with van der Waals surface area (Å²) in [5, 5.41) is 16.5. The molecule has 1 aromatic heterocycles. The first-order valence-corrected chi connectivity index (χ1v) is 15.4. The van der Waals surface area contributed by atoms with E-state index >= 15 is 0 Å². The van der Waals surface area contributed by atoms with Crippen molar-refractivity contribution in [1.82, 2.24) is 20.4 Å². The number of hydrogen-bond acceptors (Lipinski definition) is 4. The Labute approximate surface area is 250 Å². The van der Waals surface area contributed by atoms with Gasteiger partial charge in [-0.15, -0.1) is 0 Å². The number of benzene rings is 2. The first-order valence-electron chi connectivity index (χ1n) is 15.4. The summed E-state index contributed by atoms with van der Waals surface area (Å²) < 4.78 is 0. The highest BCUT2D eigenvalue weighted by molar-refractivity contribution is 6.03. The highest BCUT2D eigenvalue weighted by Crippen LogP contribution is 2.35. The average Bonchev–Trinajstić information content (AvgIpc) is 3.42. The predicted octanol–water partition coefficient (Wildman–Crippen LogP) is 6.66. The molecule has 1 aliphatic heterocycles. The number of amides is 3. The molecule has 3 amide bonds. The molecule has 0 atom stereocenters. The van der Waals surface area contributed by atoms with Crippen LogP contribution in [-0.2, 0) is 12.8 Å². The lowest BCUT2D eigenvalue weighted by molar-refractivity contribution is 0.102. The maximum Gasteiger partial charge on any atom is 0.319 e. The number of likely N-dealkylation sites (tertiary alicyclic amines) is 1. The number of hydrogen-bond donors (Lipinski definition) is 4. The molecule has 1 aliphatic carbocycles. The molecule has 0 unspecified atom stereocenters. The van der Waals surface area contributed by atoms with Crippen molar-refractivity contribution < 1.29 is 9.59 Å². The molecule has 0 bridgehead atoms. The van der Waals surface area contributed by atoms with Gasteiger partial charge < -0.3 is 20.9 Å². The quantitative estimate of drug-likeness (QED) is 0.243. The van der Waals surface area contributed by atoms with Gasteiger partial charge in [-0.05, 0) is 131 Å². The lowest BCUT2D eigenvalue weighted by atomic mass is 9.76. The molecular formula is C34H46N6O2. The summed E-state index contributed by atoms with van der Waals surface area (Å²) in [7, 11) is 2.17. The second-order valence-electron chi connectivity index (χ2n) is 13.1. The number of aryl methyl sites for hydroxylation is 3. The number of urea groups is 1. The molecule has 42 heavy (non-hydrogen) atoms. The summed E-state index contributed by atoms with van der Waals surface area (Å²) in [4.78, 5) is 27.9.